The number of hydrogen-bond donors (Lipinski definition) is 1. The number of aryl methyl sites for hydroxylation is 1. The van der Waals surface area contributed by atoms with Crippen LogP contribution in [-0.2, 0) is 20.9 Å². The molecule has 3 saturated heterocycles. The molecule has 2 atom stereocenters. The molecule has 0 spiro atoms. The molecule has 0 saturated carbocycles. The van der Waals surface area contributed by atoms with E-state index >= 15 is 0 Å². The van der Waals surface area contributed by atoms with Gasteiger partial charge in [-0.25, -0.2) is 23.2 Å². The summed E-state index contributed by atoms with van der Waals surface area (Å²) in [4.78, 5) is 25.6. The number of alkyl halides is 3. The minimum absolute atomic E-state index is 0.0111. The van der Waals surface area contributed by atoms with Crippen molar-refractivity contribution in [2.45, 2.75) is 36.2 Å². The summed E-state index contributed by atoms with van der Waals surface area (Å²) < 4.78 is 79.2. The molecule has 1 aromatic heterocycles. The molecule has 2 N–H and O–H groups in total. The molecular formula is C24H28F3N7O5S. The standard InChI is InChI=1S/C24H28F3N7O5S/c1-14-8-21(24(25,26)27)30-22(29-14)32-4-6-33(7-5-32)40(36,37)16-2-3-17-19(9-16)38-13-18-20(39-23(35)34(17)18)12-31-10-15(28)11-31/h2-3,8-9,15,18,20H,4-7,10-13,28H2,1H3/t18-,20+/m0/s1. The van der Waals surface area contributed by atoms with E-state index in [2.05, 4.69) is 14.9 Å². The van der Waals surface area contributed by atoms with Crippen molar-refractivity contribution in [2.24, 2.45) is 5.73 Å². The SMILES string of the molecule is Cc1cc(C(F)(F)F)nc(N2CCN(S(=O)(=O)c3ccc4c(c3)OC[C@H]3[C@@H](CN5CC(N)C5)OC(=O)N43)CC2)n1. The van der Waals surface area contributed by atoms with Crippen LogP contribution in [0.3, 0.4) is 0 Å². The third-order valence-corrected chi connectivity index (χ3v) is 9.42. The zero-order chi connectivity index (χ0) is 28.4. The predicted molar refractivity (Wildman–Crippen MR) is 136 cm³/mol. The van der Waals surface area contributed by atoms with Crippen molar-refractivity contribution in [1.29, 1.82) is 0 Å². The lowest BCUT2D eigenvalue weighted by atomic mass is 10.0. The fourth-order valence-electron chi connectivity index (χ4n) is 5.46. The molecule has 0 bridgehead atoms. The Hall–Kier alpha value is -3.21. The molecule has 3 fully saturated rings. The number of nitrogens with zero attached hydrogens (tertiary/aromatic N) is 6. The Balaban J connectivity index is 1.15. The molecule has 16 heteroatoms. The van der Waals surface area contributed by atoms with E-state index in [1.165, 1.54) is 39.2 Å². The number of rotatable bonds is 5. The lowest BCUT2D eigenvalue weighted by Crippen LogP contribution is -2.59. The summed E-state index contributed by atoms with van der Waals surface area (Å²) in [6.45, 7) is 3.91. The maximum absolute atomic E-state index is 13.4. The number of piperazine rings is 1. The van der Waals surface area contributed by atoms with Crippen LogP contribution in [0.4, 0.5) is 29.6 Å². The quantitative estimate of drug-likeness (QED) is 0.544. The third-order valence-electron chi connectivity index (χ3n) is 7.53. The molecule has 1 aromatic carbocycles. The number of carbonyl (C=O) groups excluding carboxylic acids is 1. The molecule has 12 nitrogen and oxygen atoms in total. The number of carbonyl (C=O) groups is 1. The number of anilines is 2. The number of amides is 1. The number of fused-ring (bicyclic) bond motifs is 3. The Morgan fingerprint density at radius 2 is 1.82 bits per heavy atom. The van der Waals surface area contributed by atoms with Gasteiger partial charge in [-0.3, -0.25) is 9.80 Å². The van der Waals surface area contributed by atoms with E-state index in [0.29, 0.717) is 12.2 Å². The average Bonchev–Trinajstić information content (AvgIpc) is 3.22. The molecule has 5 heterocycles. The van der Waals surface area contributed by atoms with Crippen molar-refractivity contribution in [3.8, 4) is 5.75 Å². The van der Waals surface area contributed by atoms with Crippen LogP contribution in [-0.4, -0.2) is 104 Å². The number of cyclic esters (lactones) is 1. The third kappa shape index (κ3) is 4.82. The number of nitrogens with two attached hydrogens (primary N) is 1. The first-order valence-electron chi connectivity index (χ1n) is 12.8. The molecule has 1 amide bonds. The van der Waals surface area contributed by atoms with Gasteiger partial charge < -0.3 is 20.1 Å². The Labute approximate surface area is 228 Å². The van der Waals surface area contributed by atoms with E-state index in [1.807, 2.05) is 0 Å². The molecule has 4 aliphatic heterocycles. The fraction of sp³-hybridized carbons (Fsp3) is 0.542. The highest BCUT2D eigenvalue weighted by atomic mass is 32.2. The topological polar surface area (TPSA) is 134 Å². The van der Waals surface area contributed by atoms with Gasteiger partial charge in [0, 0.05) is 63.6 Å². The summed E-state index contributed by atoms with van der Waals surface area (Å²) in [6, 6.07) is 5.00. The van der Waals surface area contributed by atoms with Gasteiger partial charge in [-0.05, 0) is 25.1 Å². The Morgan fingerprint density at radius 1 is 1.10 bits per heavy atom. The van der Waals surface area contributed by atoms with Crippen LogP contribution in [0.1, 0.15) is 11.4 Å². The number of aromatic nitrogens is 2. The normalized spacial score (nSPS) is 24.3. The van der Waals surface area contributed by atoms with Gasteiger partial charge in [-0.2, -0.15) is 17.5 Å². The van der Waals surface area contributed by atoms with Gasteiger partial charge in [-0.1, -0.05) is 0 Å². The number of halogens is 3. The number of sulfonamides is 1. The van der Waals surface area contributed by atoms with Gasteiger partial charge in [0.2, 0.25) is 16.0 Å². The predicted octanol–water partition coefficient (Wildman–Crippen LogP) is 1.04. The van der Waals surface area contributed by atoms with Crippen LogP contribution >= 0.6 is 0 Å². The first kappa shape index (κ1) is 27.0. The van der Waals surface area contributed by atoms with E-state index < -0.39 is 34.1 Å². The van der Waals surface area contributed by atoms with Crippen LogP contribution in [0.5, 0.6) is 5.75 Å². The minimum atomic E-state index is -4.61. The largest absolute Gasteiger partial charge is 0.489 e. The molecule has 0 aliphatic carbocycles. The molecule has 6 rings (SSSR count). The van der Waals surface area contributed by atoms with E-state index in [1.54, 1.807) is 0 Å². The summed E-state index contributed by atoms with van der Waals surface area (Å²) in [7, 11) is -3.95. The second kappa shape index (κ2) is 9.71. The summed E-state index contributed by atoms with van der Waals surface area (Å²) >= 11 is 0. The second-order valence-corrected chi connectivity index (χ2v) is 12.3. The zero-order valence-corrected chi connectivity index (χ0v) is 22.4. The maximum atomic E-state index is 13.4. The second-order valence-electron chi connectivity index (χ2n) is 10.4. The van der Waals surface area contributed by atoms with Crippen molar-refractivity contribution < 1.29 is 35.9 Å². The van der Waals surface area contributed by atoms with Crippen LogP contribution in [0.25, 0.3) is 0 Å². The van der Waals surface area contributed by atoms with Gasteiger partial charge >= 0.3 is 12.3 Å². The monoisotopic (exact) mass is 583 g/mol. The first-order valence-corrected chi connectivity index (χ1v) is 14.3. The lowest BCUT2D eigenvalue weighted by Gasteiger charge is -2.39. The summed E-state index contributed by atoms with van der Waals surface area (Å²) in [5.74, 6) is 0.168. The maximum Gasteiger partial charge on any atom is 0.433 e. The molecule has 2 aromatic rings. The zero-order valence-electron chi connectivity index (χ0n) is 21.5. The minimum Gasteiger partial charge on any atom is -0.489 e. The van der Waals surface area contributed by atoms with Gasteiger partial charge in [0.05, 0.1) is 10.6 Å². The number of benzene rings is 1. The van der Waals surface area contributed by atoms with Gasteiger partial charge in [0.15, 0.2) is 0 Å². The van der Waals surface area contributed by atoms with Crippen LogP contribution in [0.2, 0.25) is 0 Å². The Kier molecular flexibility index (Phi) is 6.55. The van der Waals surface area contributed by atoms with Crippen molar-refractivity contribution in [3.63, 3.8) is 0 Å². The van der Waals surface area contributed by atoms with E-state index in [-0.39, 0.29) is 67.2 Å². The van der Waals surface area contributed by atoms with Gasteiger partial charge in [0.1, 0.15) is 30.2 Å². The highest BCUT2D eigenvalue weighted by molar-refractivity contribution is 7.89. The summed E-state index contributed by atoms with van der Waals surface area (Å²) in [6.07, 6.45) is -5.52. The molecule has 216 valence electrons. The van der Waals surface area contributed by atoms with Crippen molar-refractivity contribution in [1.82, 2.24) is 19.2 Å². The molecule has 0 radical (unpaired) electrons. The van der Waals surface area contributed by atoms with Crippen molar-refractivity contribution >= 4 is 27.8 Å². The lowest BCUT2D eigenvalue weighted by molar-refractivity contribution is -0.141. The Bertz CT molecular complexity index is 1430. The Morgan fingerprint density at radius 3 is 2.50 bits per heavy atom. The van der Waals surface area contributed by atoms with E-state index in [4.69, 9.17) is 15.2 Å². The molecule has 0 unspecified atom stereocenters. The van der Waals surface area contributed by atoms with Crippen molar-refractivity contribution in [3.05, 3.63) is 35.7 Å². The highest BCUT2D eigenvalue weighted by Crippen LogP contribution is 2.41. The highest BCUT2D eigenvalue weighted by Gasteiger charge is 2.48. The molecule has 4 aliphatic rings. The van der Waals surface area contributed by atoms with Crippen molar-refractivity contribution in [2.75, 3.05) is 62.2 Å². The fourth-order valence-corrected chi connectivity index (χ4v) is 6.90. The summed E-state index contributed by atoms with van der Waals surface area (Å²) in [5.41, 5.74) is 5.41. The number of hydrogen-bond acceptors (Lipinski definition) is 10. The van der Waals surface area contributed by atoms with Crippen LogP contribution < -0.4 is 20.3 Å². The number of likely N-dealkylation sites (tertiary alicyclic amines) is 1. The van der Waals surface area contributed by atoms with Gasteiger partial charge in [-0.15, -0.1) is 0 Å². The van der Waals surface area contributed by atoms with Gasteiger partial charge in [0.25, 0.3) is 0 Å². The average molecular weight is 584 g/mol. The van der Waals surface area contributed by atoms with E-state index in [9.17, 15) is 26.4 Å². The molecule has 40 heavy (non-hydrogen) atoms. The van der Waals surface area contributed by atoms with Crippen LogP contribution in [0.15, 0.2) is 29.2 Å². The summed E-state index contributed by atoms with van der Waals surface area (Å²) in [5, 5.41) is 0. The number of ether oxygens (including phenoxy) is 2. The molecular weight excluding hydrogens is 555 g/mol. The van der Waals surface area contributed by atoms with Crippen LogP contribution in [0, 0.1) is 6.92 Å². The smallest absolute Gasteiger partial charge is 0.433 e. The first-order chi connectivity index (χ1) is 18.9. The van der Waals surface area contributed by atoms with E-state index in [0.717, 1.165) is 19.2 Å².